The van der Waals surface area contributed by atoms with Crippen LogP contribution in [-0.4, -0.2) is 14.3 Å². The number of carbonyl (C=O) groups excluding carboxylic acids is 1. The number of sulfonamides is 1. The first kappa shape index (κ1) is 18.2. The van der Waals surface area contributed by atoms with Crippen LogP contribution in [0.25, 0.3) is 0 Å². The van der Waals surface area contributed by atoms with Gasteiger partial charge in [0.1, 0.15) is 0 Å². The van der Waals surface area contributed by atoms with Crippen molar-refractivity contribution in [3.05, 3.63) is 65.2 Å². The lowest BCUT2D eigenvalue weighted by atomic mass is 10.1. The Balaban J connectivity index is 2.04. The van der Waals surface area contributed by atoms with E-state index in [1.165, 1.54) is 18.6 Å². The van der Waals surface area contributed by atoms with Crippen molar-refractivity contribution < 1.29 is 13.2 Å². The van der Waals surface area contributed by atoms with Gasteiger partial charge in [0.15, 0.2) is 0 Å². The van der Waals surface area contributed by atoms with Crippen molar-refractivity contribution in [2.24, 2.45) is 0 Å². The number of amides is 1. The summed E-state index contributed by atoms with van der Waals surface area (Å²) >= 11 is 0. The van der Waals surface area contributed by atoms with E-state index in [0.29, 0.717) is 5.56 Å². The van der Waals surface area contributed by atoms with Gasteiger partial charge in [0.05, 0.1) is 4.90 Å². The molecule has 2 rings (SSSR count). The van der Waals surface area contributed by atoms with Crippen molar-refractivity contribution in [2.75, 3.05) is 0 Å². The van der Waals surface area contributed by atoms with E-state index in [1.807, 2.05) is 19.1 Å². The van der Waals surface area contributed by atoms with E-state index in [1.54, 1.807) is 24.3 Å². The highest BCUT2D eigenvalue weighted by Gasteiger charge is 2.18. The summed E-state index contributed by atoms with van der Waals surface area (Å²) in [4.78, 5) is 12.3. The minimum absolute atomic E-state index is 0.0811. The van der Waals surface area contributed by atoms with Gasteiger partial charge < -0.3 is 0 Å². The molecule has 0 aliphatic rings. The van der Waals surface area contributed by atoms with Crippen LogP contribution in [0.4, 0.5) is 0 Å². The maximum atomic E-state index is 12.2. The van der Waals surface area contributed by atoms with Gasteiger partial charge in [0, 0.05) is 5.56 Å². The van der Waals surface area contributed by atoms with E-state index in [-0.39, 0.29) is 4.90 Å². The van der Waals surface area contributed by atoms with Crippen LogP contribution in [0, 0.1) is 6.92 Å². The number of rotatable bonds is 7. The van der Waals surface area contributed by atoms with E-state index in [9.17, 15) is 13.2 Å². The fourth-order valence-corrected chi connectivity index (χ4v) is 3.33. The lowest BCUT2D eigenvalue weighted by Crippen LogP contribution is -2.30. The van der Waals surface area contributed by atoms with Crippen LogP contribution >= 0.6 is 0 Å². The molecule has 1 amide bonds. The number of hydrogen-bond donors (Lipinski definition) is 1. The third kappa shape index (κ3) is 4.93. The second-order valence-corrected chi connectivity index (χ2v) is 7.58. The number of benzene rings is 2. The maximum absolute atomic E-state index is 12.2. The van der Waals surface area contributed by atoms with Crippen LogP contribution in [0.15, 0.2) is 53.4 Å². The monoisotopic (exact) mass is 345 g/mol. The number of nitrogens with one attached hydrogen (secondary N) is 1. The highest BCUT2D eigenvalue weighted by molar-refractivity contribution is 7.90. The first-order valence-corrected chi connectivity index (χ1v) is 9.63. The molecule has 2 aromatic carbocycles. The predicted octanol–water partition coefficient (Wildman–Crippen LogP) is 3.85. The Morgan fingerprint density at radius 3 is 2.17 bits per heavy atom. The molecule has 0 atom stereocenters. The SMILES string of the molecule is CCCCCc1ccc(C(=O)NS(=O)(=O)c2ccc(C)cc2)cc1. The number of aryl methyl sites for hydroxylation is 2. The second-order valence-electron chi connectivity index (χ2n) is 5.90. The molecular formula is C19H23NO3S. The van der Waals surface area contributed by atoms with Gasteiger partial charge in [0.25, 0.3) is 15.9 Å². The van der Waals surface area contributed by atoms with Gasteiger partial charge in [-0.3, -0.25) is 4.79 Å². The molecule has 24 heavy (non-hydrogen) atoms. The standard InChI is InChI=1S/C19H23NO3S/c1-3-4-5-6-16-9-11-17(12-10-16)19(21)20-24(22,23)18-13-7-15(2)8-14-18/h7-14H,3-6H2,1-2H3,(H,20,21). The summed E-state index contributed by atoms with van der Waals surface area (Å²) in [5.41, 5.74) is 2.45. The van der Waals surface area contributed by atoms with Gasteiger partial charge in [-0.15, -0.1) is 0 Å². The number of hydrogen-bond acceptors (Lipinski definition) is 3. The Kier molecular flexibility index (Phi) is 6.15. The van der Waals surface area contributed by atoms with E-state index in [0.717, 1.165) is 30.4 Å². The molecule has 0 aliphatic heterocycles. The maximum Gasteiger partial charge on any atom is 0.264 e. The summed E-state index contributed by atoms with van der Waals surface area (Å²) in [7, 11) is -3.85. The van der Waals surface area contributed by atoms with Gasteiger partial charge in [-0.25, -0.2) is 13.1 Å². The van der Waals surface area contributed by atoms with Crippen molar-refractivity contribution >= 4 is 15.9 Å². The highest BCUT2D eigenvalue weighted by Crippen LogP contribution is 2.12. The van der Waals surface area contributed by atoms with Crippen molar-refractivity contribution in [3.63, 3.8) is 0 Å². The summed E-state index contributed by atoms with van der Waals surface area (Å²) in [5, 5.41) is 0. The number of unbranched alkanes of at least 4 members (excludes halogenated alkanes) is 2. The largest absolute Gasteiger partial charge is 0.268 e. The Morgan fingerprint density at radius 1 is 0.958 bits per heavy atom. The lowest BCUT2D eigenvalue weighted by molar-refractivity contribution is 0.0981. The molecule has 0 bridgehead atoms. The van der Waals surface area contributed by atoms with Gasteiger partial charge in [-0.1, -0.05) is 49.6 Å². The molecule has 0 spiro atoms. The molecule has 0 fully saturated rings. The van der Waals surface area contributed by atoms with Crippen LogP contribution in [0.3, 0.4) is 0 Å². The van der Waals surface area contributed by atoms with Crippen LogP contribution < -0.4 is 4.72 Å². The number of carbonyl (C=O) groups is 1. The quantitative estimate of drug-likeness (QED) is 0.775. The summed E-state index contributed by atoms with van der Waals surface area (Å²) in [6.07, 6.45) is 4.43. The zero-order valence-corrected chi connectivity index (χ0v) is 14.9. The minimum Gasteiger partial charge on any atom is -0.268 e. The Bertz CT molecular complexity index is 778. The molecule has 0 saturated carbocycles. The second kappa shape index (κ2) is 8.11. The van der Waals surface area contributed by atoms with Crippen molar-refractivity contribution in [2.45, 2.75) is 44.4 Å². The van der Waals surface area contributed by atoms with Crippen LogP contribution in [0.5, 0.6) is 0 Å². The van der Waals surface area contributed by atoms with Gasteiger partial charge in [-0.05, 0) is 49.6 Å². The zero-order chi connectivity index (χ0) is 17.6. The topological polar surface area (TPSA) is 63.2 Å². The molecular weight excluding hydrogens is 322 g/mol. The molecule has 5 heteroatoms. The first-order valence-electron chi connectivity index (χ1n) is 8.15. The molecule has 4 nitrogen and oxygen atoms in total. The van der Waals surface area contributed by atoms with E-state index in [4.69, 9.17) is 0 Å². The fourth-order valence-electron chi connectivity index (χ4n) is 2.36. The molecule has 0 heterocycles. The highest BCUT2D eigenvalue weighted by atomic mass is 32.2. The molecule has 0 aromatic heterocycles. The van der Waals surface area contributed by atoms with Gasteiger partial charge >= 0.3 is 0 Å². The Labute approximate surface area is 144 Å². The average molecular weight is 345 g/mol. The molecule has 2 aromatic rings. The van der Waals surface area contributed by atoms with Crippen molar-refractivity contribution in [1.82, 2.24) is 4.72 Å². The van der Waals surface area contributed by atoms with Crippen molar-refractivity contribution in [3.8, 4) is 0 Å². The predicted molar refractivity (Wildman–Crippen MR) is 95.5 cm³/mol. The molecule has 1 N–H and O–H groups in total. The van der Waals surface area contributed by atoms with Crippen LogP contribution in [-0.2, 0) is 16.4 Å². The fraction of sp³-hybridized carbons (Fsp3) is 0.316. The average Bonchev–Trinajstić information content (AvgIpc) is 2.55. The summed E-state index contributed by atoms with van der Waals surface area (Å²) in [6.45, 7) is 4.03. The van der Waals surface area contributed by atoms with Crippen LogP contribution in [0.1, 0.15) is 47.7 Å². The molecule has 0 saturated heterocycles. The smallest absolute Gasteiger partial charge is 0.264 e. The zero-order valence-electron chi connectivity index (χ0n) is 14.1. The summed E-state index contributed by atoms with van der Waals surface area (Å²) in [6, 6.07) is 13.5. The molecule has 128 valence electrons. The van der Waals surface area contributed by atoms with E-state index < -0.39 is 15.9 Å². The Hall–Kier alpha value is -2.14. The first-order chi connectivity index (χ1) is 11.4. The minimum atomic E-state index is -3.85. The van der Waals surface area contributed by atoms with E-state index in [2.05, 4.69) is 11.6 Å². The van der Waals surface area contributed by atoms with Crippen molar-refractivity contribution in [1.29, 1.82) is 0 Å². The third-order valence-corrected chi connectivity index (χ3v) is 5.19. The summed E-state index contributed by atoms with van der Waals surface area (Å²) in [5.74, 6) is -0.615. The normalized spacial score (nSPS) is 11.2. The third-order valence-electron chi connectivity index (χ3n) is 3.84. The molecule has 0 aliphatic carbocycles. The van der Waals surface area contributed by atoms with Crippen LogP contribution in [0.2, 0.25) is 0 Å². The Morgan fingerprint density at radius 2 is 1.58 bits per heavy atom. The van der Waals surface area contributed by atoms with Gasteiger partial charge in [0.2, 0.25) is 0 Å². The van der Waals surface area contributed by atoms with Gasteiger partial charge in [-0.2, -0.15) is 0 Å². The molecule has 0 unspecified atom stereocenters. The summed E-state index contributed by atoms with van der Waals surface area (Å²) < 4.78 is 26.6. The molecule has 0 radical (unpaired) electrons. The van der Waals surface area contributed by atoms with E-state index >= 15 is 0 Å². The lowest BCUT2D eigenvalue weighted by Gasteiger charge is -2.08.